The number of rotatable bonds is 6. The Hall–Kier alpha value is -3.74. The largest absolute Gasteiger partial charge is 0.493 e. The maximum absolute atomic E-state index is 13.6. The van der Waals surface area contributed by atoms with Crippen molar-refractivity contribution < 1.29 is 28.5 Å². The van der Waals surface area contributed by atoms with E-state index >= 15 is 0 Å². The van der Waals surface area contributed by atoms with Gasteiger partial charge in [0.1, 0.15) is 11.3 Å². The van der Waals surface area contributed by atoms with Gasteiger partial charge in [0.15, 0.2) is 17.3 Å². The zero-order valence-electron chi connectivity index (χ0n) is 18.9. The molecule has 2 aromatic carbocycles. The minimum Gasteiger partial charge on any atom is -0.493 e. The molecule has 172 valence electrons. The lowest BCUT2D eigenvalue weighted by atomic mass is 9.73. The van der Waals surface area contributed by atoms with Crippen molar-refractivity contribution in [1.29, 1.82) is 0 Å². The highest BCUT2D eigenvalue weighted by Gasteiger charge is 2.44. The molecule has 33 heavy (non-hydrogen) atoms. The summed E-state index contributed by atoms with van der Waals surface area (Å²) in [5, 5.41) is 0. The highest BCUT2D eigenvalue weighted by molar-refractivity contribution is 6.04. The van der Waals surface area contributed by atoms with Crippen molar-refractivity contribution in [2.24, 2.45) is 5.73 Å². The minimum atomic E-state index is -0.790. The first-order valence-electron chi connectivity index (χ1n) is 10.9. The number of carbonyl (C=O) groups is 2. The number of hydrogen-bond acceptors (Lipinski definition) is 7. The summed E-state index contributed by atoms with van der Waals surface area (Å²) in [4.78, 5) is 26.5. The van der Waals surface area contributed by atoms with Gasteiger partial charge in [-0.25, -0.2) is 4.79 Å². The molecule has 0 saturated carbocycles. The van der Waals surface area contributed by atoms with E-state index in [4.69, 9.17) is 24.7 Å². The van der Waals surface area contributed by atoms with Gasteiger partial charge in [-0.1, -0.05) is 42.5 Å². The Labute approximate surface area is 192 Å². The molecule has 0 aromatic heterocycles. The SMILES string of the molecule is CCOC(=O)C1=C(N)OC2=C(C(=O)CC(c3ccccc3)C2)C1c1cccc(OC)c1OC. The number of esters is 1. The van der Waals surface area contributed by atoms with E-state index in [0.29, 0.717) is 41.2 Å². The summed E-state index contributed by atoms with van der Waals surface area (Å²) >= 11 is 0. The summed E-state index contributed by atoms with van der Waals surface area (Å²) in [6.45, 7) is 1.87. The van der Waals surface area contributed by atoms with E-state index in [2.05, 4.69) is 0 Å². The standard InChI is InChI=1S/C26H27NO6/c1-4-32-26(29)23-21(17-11-8-12-19(30-2)24(17)31-3)22-18(28)13-16(14-20(22)33-25(23)27)15-9-6-5-7-10-15/h5-12,16,21H,4,13-14,27H2,1-3H3. The van der Waals surface area contributed by atoms with Crippen molar-refractivity contribution in [2.45, 2.75) is 31.6 Å². The molecule has 1 heterocycles. The Bertz CT molecular complexity index is 1130. The Balaban J connectivity index is 1.88. The molecule has 0 spiro atoms. The van der Waals surface area contributed by atoms with Gasteiger partial charge in [-0.2, -0.15) is 0 Å². The van der Waals surface area contributed by atoms with Crippen LogP contribution in [0.2, 0.25) is 0 Å². The predicted molar refractivity (Wildman–Crippen MR) is 122 cm³/mol. The highest BCUT2D eigenvalue weighted by Crippen LogP contribution is 2.50. The smallest absolute Gasteiger partial charge is 0.340 e. The summed E-state index contributed by atoms with van der Waals surface area (Å²) in [5.41, 5.74) is 8.41. The van der Waals surface area contributed by atoms with Crippen LogP contribution < -0.4 is 15.2 Å². The van der Waals surface area contributed by atoms with Crippen LogP contribution >= 0.6 is 0 Å². The first-order chi connectivity index (χ1) is 16.0. The molecule has 0 radical (unpaired) electrons. The van der Waals surface area contributed by atoms with Crippen LogP contribution in [-0.4, -0.2) is 32.6 Å². The highest BCUT2D eigenvalue weighted by atomic mass is 16.5. The molecular weight excluding hydrogens is 422 g/mol. The van der Waals surface area contributed by atoms with Gasteiger partial charge >= 0.3 is 5.97 Å². The third-order valence-electron chi connectivity index (χ3n) is 6.05. The van der Waals surface area contributed by atoms with Crippen LogP contribution in [-0.2, 0) is 19.1 Å². The van der Waals surface area contributed by atoms with Gasteiger partial charge in [0.2, 0.25) is 5.88 Å². The first kappa shape index (κ1) is 22.5. The molecule has 7 nitrogen and oxygen atoms in total. The van der Waals surface area contributed by atoms with Gasteiger partial charge in [0, 0.05) is 24.0 Å². The third-order valence-corrected chi connectivity index (χ3v) is 6.05. The zero-order chi connectivity index (χ0) is 23.5. The van der Waals surface area contributed by atoms with Crippen LogP contribution in [0.5, 0.6) is 11.5 Å². The van der Waals surface area contributed by atoms with E-state index in [9.17, 15) is 9.59 Å². The van der Waals surface area contributed by atoms with Crippen molar-refractivity contribution in [3.63, 3.8) is 0 Å². The molecule has 2 N–H and O–H groups in total. The number of Topliss-reactive ketones (excluding diaryl/α,β-unsaturated/α-hetero) is 1. The summed E-state index contributed by atoms with van der Waals surface area (Å²) in [5.74, 6) is -0.251. The van der Waals surface area contributed by atoms with Crippen molar-refractivity contribution in [3.8, 4) is 11.5 Å². The monoisotopic (exact) mass is 449 g/mol. The van der Waals surface area contributed by atoms with E-state index in [-0.39, 0.29) is 29.8 Å². The van der Waals surface area contributed by atoms with Crippen molar-refractivity contribution in [1.82, 2.24) is 0 Å². The quantitative estimate of drug-likeness (QED) is 0.667. The Morgan fingerprint density at radius 3 is 2.48 bits per heavy atom. The van der Waals surface area contributed by atoms with Crippen LogP contribution in [0.1, 0.15) is 42.7 Å². The van der Waals surface area contributed by atoms with Crippen LogP contribution in [0.4, 0.5) is 0 Å². The molecule has 0 amide bonds. The van der Waals surface area contributed by atoms with E-state index in [0.717, 1.165) is 5.56 Å². The molecule has 4 rings (SSSR count). The zero-order valence-corrected chi connectivity index (χ0v) is 18.9. The van der Waals surface area contributed by atoms with Crippen LogP contribution in [0, 0.1) is 0 Å². The van der Waals surface area contributed by atoms with Gasteiger partial charge in [0.25, 0.3) is 0 Å². The number of ether oxygens (including phenoxy) is 4. The van der Waals surface area contributed by atoms with E-state index < -0.39 is 11.9 Å². The minimum absolute atomic E-state index is 0.0396. The number of hydrogen-bond donors (Lipinski definition) is 1. The number of allylic oxidation sites excluding steroid dienone is 2. The lowest BCUT2D eigenvalue weighted by molar-refractivity contribution is -0.139. The van der Waals surface area contributed by atoms with Gasteiger partial charge in [-0.3, -0.25) is 4.79 Å². The molecule has 7 heteroatoms. The number of ketones is 1. The van der Waals surface area contributed by atoms with E-state index in [1.165, 1.54) is 14.2 Å². The van der Waals surface area contributed by atoms with Crippen molar-refractivity contribution in [2.75, 3.05) is 20.8 Å². The lowest BCUT2D eigenvalue weighted by Crippen LogP contribution is -2.33. The molecule has 2 aromatic rings. The fourth-order valence-corrected chi connectivity index (χ4v) is 4.63. The van der Waals surface area contributed by atoms with Crippen LogP contribution in [0.3, 0.4) is 0 Å². The second kappa shape index (κ2) is 9.40. The molecule has 0 fully saturated rings. The maximum atomic E-state index is 13.6. The summed E-state index contributed by atoms with van der Waals surface area (Å²) < 4.78 is 22.3. The summed E-state index contributed by atoms with van der Waals surface area (Å²) in [6, 6.07) is 15.2. The third kappa shape index (κ3) is 4.06. The Morgan fingerprint density at radius 1 is 1.06 bits per heavy atom. The topological polar surface area (TPSA) is 97.1 Å². The number of para-hydroxylation sites is 1. The average molecular weight is 450 g/mol. The van der Waals surface area contributed by atoms with E-state index in [1.54, 1.807) is 25.1 Å². The molecule has 0 bridgehead atoms. The second-order valence-corrected chi connectivity index (χ2v) is 7.89. The molecule has 1 aliphatic heterocycles. The molecule has 1 aliphatic carbocycles. The predicted octanol–water partition coefficient (Wildman–Crippen LogP) is 3.95. The number of benzene rings is 2. The van der Waals surface area contributed by atoms with Crippen molar-refractivity contribution in [3.05, 3.63) is 82.4 Å². The normalized spacial score (nSPS) is 20.2. The van der Waals surface area contributed by atoms with Crippen molar-refractivity contribution >= 4 is 11.8 Å². The van der Waals surface area contributed by atoms with Gasteiger partial charge < -0.3 is 24.7 Å². The lowest BCUT2D eigenvalue weighted by Gasteiger charge is -2.35. The van der Waals surface area contributed by atoms with E-state index in [1.807, 2.05) is 30.3 Å². The molecule has 2 atom stereocenters. The number of carbonyl (C=O) groups excluding carboxylic acids is 2. The molecule has 2 aliphatic rings. The number of methoxy groups -OCH3 is 2. The molecule has 2 unspecified atom stereocenters. The number of nitrogens with two attached hydrogens (primary N) is 1. The van der Waals surface area contributed by atoms with Crippen LogP contribution in [0.15, 0.2) is 71.3 Å². The fraction of sp³-hybridized carbons (Fsp3) is 0.308. The summed E-state index contributed by atoms with van der Waals surface area (Å²) in [6.07, 6.45) is 0.787. The maximum Gasteiger partial charge on any atom is 0.340 e. The van der Waals surface area contributed by atoms with Gasteiger partial charge in [0.05, 0.1) is 26.7 Å². The molecular formula is C26H27NO6. The Kier molecular flexibility index (Phi) is 6.40. The van der Waals surface area contributed by atoms with Gasteiger partial charge in [-0.15, -0.1) is 0 Å². The molecule has 0 saturated heterocycles. The summed E-state index contributed by atoms with van der Waals surface area (Å²) in [7, 11) is 3.05. The van der Waals surface area contributed by atoms with Gasteiger partial charge in [-0.05, 0) is 24.5 Å². The second-order valence-electron chi connectivity index (χ2n) is 7.89. The van der Waals surface area contributed by atoms with Crippen LogP contribution in [0.25, 0.3) is 0 Å². The average Bonchev–Trinajstić information content (AvgIpc) is 2.83. The Morgan fingerprint density at radius 2 is 1.82 bits per heavy atom. The first-order valence-corrected chi connectivity index (χ1v) is 10.9. The fourth-order valence-electron chi connectivity index (χ4n) is 4.63.